The van der Waals surface area contributed by atoms with E-state index >= 15 is 0 Å². The molecular formula is C22H17Cl3N2O6S2. The highest BCUT2D eigenvalue weighted by atomic mass is 35.5. The standard InChI is InChI=1S/C22H17Cl3N2O6S2/c1-14(28)26(34(30,31)16-9-5-3-6-10-16)19-13-18(23)22(21(25)20(19)24)27(15(2)29)35(32,33)17-11-7-4-8-12-17/h3-13H,1-2H3. The van der Waals surface area contributed by atoms with Crippen LogP contribution in [0.2, 0.25) is 15.1 Å². The molecule has 0 saturated heterocycles. The zero-order valence-corrected chi connectivity index (χ0v) is 22.0. The number of carbonyl (C=O) groups is 2. The number of hydrogen-bond acceptors (Lipinski definition) is 6. The number of hydrogen-bond donors (Lipinski definition) is 0. The largest absolute Gasteiger partial charge is 0.274 e. The fraction of sp³-hybridized carbons (Fsp3) is 0.0909. The Morgan fingerprint density at radius 1 is 0.657 bits per heavy atom. The van der Waals surface area contributed by atoms with E-state index in [1.165, 1.54) is 48.5 Å². The lowest BCUT2D eigenvalue weighted by molar-refractivity contribution is -0.116. The van der Waals surface area contributed by atoms with Gasteiger partial charge in [-0.2, -0.15) is 4.31 Å². The average Bonchev–Trinajstić information content (AvgIpc) is 2.80. The van der Waals surface area contributed by atoms with E-state index in [0.29, 0.717) is 8.61 Å². The number of rotatable bonds is 6. The molecule has 0 radical (unpaired) electrons. The SMILES string of the molecule is CC(=O)N(c1cc(Cl)c(N(C(C)=O)S(=O)(=O)c2ccccc2)c(Cl)c1Cl)S(=O)(=O)c1ccccc1. The smallest absolute Gasteiger partial charge is 0.270 e. The van der Waals surface area contributed by atoms with Gasteiger partial charge in [-0.05, 0) is 30.3 Å². The summed E-state index contributed by atoms with van der Waals surface area (Å²) in [6, 6.07) is 15.1. The number of amides is 2. The maximum Gasteiger partial charge on any atom is 0.270 e. The molecule has 13 heteroatoms. The maximum atomic E-state index is 13.2. The minimum Gasteiger partial charge on any atom is -0.274 e. The highest BCUT2D eigenvalue weighted by Crippen LogP contribution is 2.47. The van der Waals surface area contributed by atoms with Crippen molar-refractivity contribution in [3.63, 3.8) is 0 Å². The van der Waals surface area contributed by atoms with Gasteiger partial charge in [-0.1, -0.05) is 71.2 Å². The fourth-order valence-corrected chi connectivity index (χ4v) is 7.14. The van der Waals surface area contributed by atoms with E-state index < -0.39 is 58.3 Å². The lowest BCUT2D eigenvalue weighted by atomic mass is 10.2. The molecule has 0 N–H and O–H groups in total. The van der Waals surface area contributed by atoms with Crippen LogP contribution in [-0.2, 0) is 29.6 Å². The summed E-state index contributed by atoms with van der Waals surface area (Å²) in [6.07, 6.45) is 0. The van der Waals surface area contributed by atoms with Crippen LogP contribution in [0.25, 0.3) is 0 Å². The molecule has 0 bridgehead atoms. The normalized spacial score (nSPS) is 11.7. The predicted octanol–water partition coefficient (Wildman–Crippen LogP) is 5.13. The monoisotopic (exact) mass is 574 g/mol. The van der Waals surface area contributed by atoms with E-state index in [2.05, 4.69) is 0 Å². The molecule has 0 unspecified atom stereocenters. The Kier molecular flexibility index (Phi) is 7.83. The van der Waals surface area contributed by atoms with Crippen LogP contribution in [0.3, 0.4) is 0 Å². The second-order valence-electron chi connectivity index (χ2n) is 7.06. The number of sulfonamides is 2. The van der Waals surface area contributed by atoms with Gasteiger partial charge < -0.3 is 0 Å². The van der Waals surface area contributed by atoms with Gasteiger partial charge in [0.05, 0.1) is 36.2 Å². The van der Waals surface area contributed by atoms with Crippen LogP contribution in [0.4, 0.5) is 11.4 Å². The average molecular weight is 576 g/mol. The third-order valence-electron chi connectivity index (χ3n) is 4.67. The minimum atomic E-state index is -4.48. The topological polar surface area (TPSA) is 109 Å². The van der Waals surface area contributed by atoms with E-state index in [-0.39, 0.29) is 9.79 Å². The predicted molar refractivity (Wildman–Crippen MR) is 135 cm³/mol. The van der Waals surface area contributed by atoms with Crippen LogP contribution in [0, 0.1) is 0 Å². The first-order valence-electron chi connectivity index (χ1n) is 9.71. The van der Waals surface area contributed by atoms with Gasteiger partial charge in [-0.3, -0.25) is 9.59 Å². The highest BCUT2D eigenvalue weighted by molar-refractivity contribution is 7.94. The van der Waals surface area contributed by atoms with Gasteiger partial charge >= 0.3 is 0 Å². The van der Waals surface area contributed by atoms with Crippen molar-refractivity contribution < 1.29 is 26.4 Å². The van der Waals surface area contributed by atoms with Crippen molar-refractivity contribution in [1.29, 1.82) is 0 Å². The van der Waals surface area contributed by atoms with Gasteiger partial charge in [0.1, 0.15) is 0 Å². The first kappa shape index (κ1) is 27.0. The summed E-state index contributed by atoms with van der Waals surface area (Å²) in [6.45, 7) is 1.98. The van der Waals surface area contributed by atoms with Crippen LogP contribution < -0.4 is 8.61 Å². The second kappa shape index (κ2) is 10.2. The molecule has 0 spiro atoms. The van der Waals surface area contributed by atoms with Gasteiger partial charge in [0.25, 0.3) is 20.0 Å². The van der Waals surface area contributed by atoms with Crippen molar-refractivity contribution in [2.24, 2.45) is 0 Å². The summed E-state index contributed by atoms with van der Waals surface area (Å²) in [5, 5.41) is -1.48. The summed E-state index contributed by atoms with van der Waals surface area (Å²) in [5.74, 6) is -1.89. The Morgan fingerprint density at radius 2 is 1.06 bits per heavy atom. The number of halogens is 3. The summed E-state index contributed by atoms with van der Waals surface area (Å²) in [7, 11) is -8.93. The lowest BCUT2D eigenvalue weighted by Gasteiger charge is -2.27. The lowest BCUT2D eigenvalue weighted by Crippen LogP contribution is -2.37. The summed E-state index contributed by atoms with van der Waals surface area (Å²) >= 11 is 19.1. The minimum absolute atomic E-state index is 0.209. The van der Waals surface area contributed by atoms with Gasteiger partial charge in [-0.15, -0.1) is 0 Å². The van der Waals surface area contributed by atoms with Crippen LogP contribution in [-0.4, -0.2) is 28.6 Å². The second-order valence-corrected chi connectivity index (χ2v) is 11.8. The van der Waals surface area contributed by atoms with Crippen LogP contribution in [0.5, 0.6) is 0 Å². The molecule has 0 fully saturated rings. The zero-order chi connectivity index (χ0) is 26.1. The van der Waals surface area contributed by atoms with E-state index in [4.69, 9.17) is 34.8 Å². The first-order chi connectivity index (χ1) is 16.3. The number of benzene rings is 3. The molecule has 8 nitrogen and oxygen atoms in total. The molecule has 35 heavy (non-hydrogen) atoms. The maximum absolute atomic E-state index is 13.2. The summed E-state index contributed by atoms with van der Waals surface area (Å²) < 4.78 is 53.7. The molecule has 2 amide bonds. The van der Waals surface area contributed by atoms with Crippen molar-refractivity contribution >= 4 is 78.0 Å². The van der Waals surface area contributed by atoms with Gasteiger partial charge in [0, 0.05) is 13.8 Å². The van der Waals surface area contributed by atoms with Crippen molar-refractivity contribution in [1.82, 2.24) is 0 Å². The Hall–Kier alpha value is -2.63. The molecule has 3 aromatic carbocycles. The van der Waals surface area contributed by atoms with Crippen molar-refractivity contribution in [3.8, 4) is 0 Å². The van der Waals surface area contributed by atoms with Crippen LogP contribution >= 0.6 is 34.8 Å². The van der Waals surface area contributed by atoms with Gasteiger partial charge in [0.2, 0.25) is 11.8 Å². The Balaban J connectivity index is 2.27. The molecule has 3 aromatic rings. The molecule has 0 aliphatic heterocycles. The number of carbonyl (C=O) groups excluding carboxylic acids is 2. The molecule has 0 aliphatic rings. The van der Waals surface area contributed by atoms with E-state index in [1.807, 2.05) is 0 Å². The molecule has 3 rings (SSSR count). The van der Waals surface area contributed by atoms with Gasteiger partial charge in [0.15, 0.2) is 0 Å². The van der Waals surface area contributed by atoms with Crippen LogP contribution in [0.15, 0.2) is 76.5 Å². The number of anilines is 2. The van der Waals surface area contributed by atoms with Crippen molar-refractivity contribution in [2.75, 3.05) is 8.61 Å². The first-order valence-corrected chi connectivity index (χ1v) is 13.7. The highest BCUT2D eigenvalue weighted by Gasteiger charge is 2.37. The quantitative estimate of drug-likeness (QED) is 0.377. The van der Waals surface area contributed by atoms with E-state index in [1.54, 1.807) is 12.1 Å². The van der Waals surface area contributed by atoms with Gasteiger partial charge in [-0.25, -0.2) is 21.1 Å². The number of nitrogens with zero attached hydrogens (tertiary/aromatic N) is 2. The van der Waals surface area contributed by atoms with E-state index in [0.717, 1.165) is 19.9 Å². The molecule has 0 saturated carbocycles. The Morgan fingerprint density at radius 3 is 1.46 bits per heavy atom. The fourth-order valence-electron chi connectivity index (χ4n) is 3.22. The molecule has 184 valence electrons. The molecule has 0 atom stereocenters. The summed E-state index contributed by atoms with van der Waals surface area (Å²) in [5.41, 5.74) is -0.901. The summed E-state index contributed by atoms with van der Waals surface area (Å²) in [4.78, 5) is 24.5. The molecule has 0 heterocycles. The van der Waals surface area contributed by atoms with E-state index in [9.17, 15) is 26.4 Å². The zero-order valence-electron chi connectivity index (χ0n) is 18.1. The van der Waals surface area contributed by atoms with Crippen molar-refractivity contribution in [3.05, 3.63) is 81.8 Å². The van der Waals surface area contributed by atoms with Crippen molar-refractivity contribution in [2.45, 2.75) is 23.6 Å². The molecule has 0 aromatic heterocycles. The molecule has 0 aliphatic carbocycles. The Bertz CT molecular complexity index is 1510. The molecular weight excluding hydrogens is 559 g/mol. The third kappa shape index (κ3) is 5.03. The van der Waals surface area contributed by atoms with Crippen LogP contribution in [0.1, 0.15) is 13.8 Å². The Labute approximate surface area is 217 Å². The third-order valence-corrected chi connectivity index (χ3v) is 9.40.